The van der Waals surface area contributed by atoms with Gasteiger partial charge in [-0.2, -0.15) is 0 Å². The second-order valence-electron chi connectivity index (χ2n) is 9.89. The maximum Gasteiger partial charge on any atom is 0.0642 e. The van der Waals surface area contributed by atoms with E-state index in [1.807, 2.05) is 0 Å². The molecule has 1 aliphatic carbocycles. The number of hydrogen-bond acceptors (Lipinski definition) is 4. The molecule has 180 valence electrons. The Balaban J connectivity index is 1.60. The molecular weight excluding hydrogens is 406 g/mol. The topological polar surface area (TPSA) is 19.0 Å². The van der Waals surface area contributed by atoms with Crippen molar-refractivity contribution in [3.05, 3.63) is 54.6 Å². The van der Waals surface area contributed by atoms with E-state index in [1.165, 1.54) is 73.9 Å². The molecule has 33 heavy (non-hydrogen) atoms. The summed E-state index contributed by atoms with van der Waals surface area (Å²) in [4.78, 5) is 7.08. The highest BCUT2D eigenvalue weighted by Gasteiger charge is 2.29. The minimum Gasteiger partial charge on any atom is -0.378 e. The monoisotopic (exact) mass is 449 g/mol. The van der Waals surface area contributed by atoms with Gasteiger partial charge in [0.1, 0.15) is 0 Å². The molecule has 1 saturated heterocycles. The number of rotatable bonds is 9. The van der Waals surface area contributed by atoms with Gasteiger partial charge in [0, 0.05) is 55.7 Å². The van der Waals surface area contributed by atoms with E-state index in [1.54, 1.807) is 0 Å². The normalized spacial score (nSPS) is 20.3. The number of unbranched alkanes of at least 4 members (excludes halogenated alkanes) is 2. The first-order valence-electron chi connectivity index (χ1n) is 13.2. The van der Waals surface area contributed by atoms with Crippen LogP contribution in [-0.4, -0.2) is 37.7 Å². The van der Waals surface area contributed by atoms with Crippen molar-refractivity contribution in [1.29, 1.82) is 0 Å². The fourth-order valence-electron chi connectivity index (χ4n) is 5.37. The van der Waals surface area contributed by atoms with Gasteiger partial charge in [-0.05, 0) is 54.9 Å². The van der Waals surface area contributed by atoms with Gasteiger partial charge in [-0.25, -0.2) is 0 Å². The van der Waals surface area contributed by atoms with Crippen LogP contribution < -0.4 is 9.80 Å². The van der Waals surface area contributed by atoms with Crippen LogP contribution in [0.4, 0.5) is 11.4 Å². The van der Waals surface area contributed by atoms with Crippen molar-refractivity contribution in [1.82, 2.24) is 4.90 Å². The summed E-state index contributed by atoms with van der Waals surface area (Å²) in [7, 11) is 0. The Morgan fingerprint density at radius 1 is 0.939 bits per heavy atom. The van der Waals surface area contributed by atoms with Crippen LogP contribution in [0.5, 0.6) is 0 Å². The third-order valence-corrected chi connectivity index (χ3v) is 8.04. The summed E-state index contributed by atoms with van der Waals surface area (Å²) in [6.07, 6.45) is 21.5. The Labute approximate surface area is 201 Å². The van der Waals surface area contributed by atoms with Gasteiger partial charge < -0.3 is 19.4 Å². The zero-order valence-corrected chi connectivity index (χ0v) is 21.1. The van der Waals surface area contributed by atoms with Crippen LogP contribution in [0.25, 0.3) is 5.57 Å². The number of allylic oxidation sites excluding steroid dienone is 2. The summed E-state index contributed by atoms with van der Waals surface area (Å²) >= 11 is 0. The zero-order valence-electron chi connectivity index (χ0n) is 21.1. The zero-order chi connectivity index (χ0) is 23.1. The van der Waals surface area contributed by atoms with Crippen LogP contribution in [0, 0.1) is 5.41 Å². The highest BCUT2D eigenvalue weighted by atomic mass is 16.5. The molecule has 4 rings (SSSR count). The number of benzene rings is 1. The molecule has 0 radical (unpaired) electrons. The van der Waals surface area contributed by atoms with Crippen molar-refractivity contribution in [2.45, 2.75) is 72.1 Å². The van der Waals surface area contributed by atoms with E-state index in [0.29, 0.717) is 5.41 Å². The number of morpholine rings is 1. The van der Waals surface area contributed by atoms with Crippen LogP contribution in [0.2, 0.25) is 0 Å². The number of nitrogens with zero attached hydrogens (tertiary/aromatic N) is 3. The molecule has 0 bridgehead atoms. The molecule has 0 N–H and O–H groups in total. The highest BCUT2D eigenvalue weighted by molar-refractivity contribution is 5.81. The summed E-state index contributed by atoms with van der Waals surface area (Å²) in [5, 5.41) is 0. The van der Waals surface area contributed by atoms with Crippen molar-refractivity contribution in [3.8, 4) is 0 Å². The minimum atomic E-state index is 0.495. The number of hydrogen-bond donors (Lipinski definition) is 0. The first-order chi connectivity index (χ1) is 16.2. The Morgan fingerprint density at radius 3 is 2.33 bits per heavy atom. The molecule has 4 nitrogen and oxygen atoms in total. The number of ether oxygens (including phenoxy) is 1. The Bertz CT molecular complexity index is 848. The molecular formula is C29H43N3O. The van der Waals surface area contributed by atoms with Crippen molar-refractivity contribution >= 4 is 16.9 Å². The largest absolute Gasteiger partial charge is 0.378 e. The second kappa shape index (κ2) is 11.3. The molecule has 2 aliphatic heterocycles. The molecule has 0 spiro atoms. The lowest BCUT2D eigenvalue weighted by Gasteiger charge is -2.36. The van der Waals surface area contributed by atoms with E-state index in [2.05, 4.69) is 84.5 Å². The average molecular weight is 450 g/mol. The van der Waals surface area contributed by atoms with E-state index in [-0.39, 0.29) is 0 Å². The van der Waals surface area contributed by atoms with E-state index in [4.69, 9.17) is 4.74 Å². The molecule has 1 aromatic rings. The van der Waals surface area contributed by atoms with Gasteiger partial charge in [0.15, 0.2) is 0 Å². The average Bonchev–Trinajstić information content (AvgIpc) is 2.89. The lowest BCUT2D eigenvalue weighted by molar-refractivity contribution is 0.122. The third-order valence-electron chi connectivity index (χ3n) is 8.04. The van der Waals surface area contributed by atoms with E-state index in [0.717, 1.165) is 32.8 Å². The fraction of sp³-hybridized carbons (Fsp3) is 0.586. The lowest BCUT2D eigenvalue weighted by atomic mass is 9.70. The summed E-state index contributed by atoms with van der Waals surface area (Å²) in [5.41, 5.74) is 6.03. The van der Waals surface area contributed by atoms with Crippen LogP contribution in [0.3, 0.4) is 0 Å². The predicted octanol–water partition coefficient (Wildman–Crippen LogP) is 7.15. The van der Waals surface area contributed by atoms with Crippen LogP contribution in [0.15, 0.2) is 49.1 Å². The highest BCUT2D eigenvalue weighted by Crippen LogP contribution is 2.45. The van der Waals surface area contributed by atoms with E-state index < -0.39 is 0 Å². The van der Waals surface area contributed by atoms with Gasteiger partial charge in [-0.3, -0.25) is 0 Å². The molecule has 0 saturated carbocycles. The van der Waals surface area contributed by atoms with Crippen molar-refractivity contribution in [2.24, 2.45) is 5.41 Å². The SMILES string of the molecule is CCCCCN1C=CN(c2ccc(N3CCOCC3)cc2C2=CCC(CC)(CC)CC2)C=C1. The van der Waals surface area contributed by atoms with E-state index >= 15 is 0 Å². The fourth-order valence-corrected chi connectivity index (χ4v) is 5.37. The van der Waals surface area contributed by atoms with Gasteiger partial charge in [-0.15, -0.1) is 0 Å². The van der Waals surface area contributed by atoms with Crippen molar-refractivity contribution in [2.75, 3.05) is 42.6 Å². The van der Waals surface area contributed by atoms with Crippen LogP contribution >= 0.6 is 0 Å². The smallest absolute Gasteiger partial charge is 0.0642 e. The molecule has 4 heteroatoms. The maximum absolute atomic E-state index is 5.60. The van der Waals surface area contributed by atoms with Gasteiger partial charge in [0.2, 0.25) is 0 Å². The van der Waals surface area contributed by atoms with Crippen molar-refractivity contribution < 1.29 is 4.74 Å². The van der Waals surface area contributed by atoms with Gasteiger partial charge in [0.05, 0.1) is 18.9 Å². The second-order valence-corrected chi connectivity index (χ2v) is 9.89. The molecule has 0 unspecified atom stereocenters. The summed E-state index contributed by atoms with van der Waals surface area (Å²) in [6, 6.07) is 7.06. The molecule has 0 aromatic heterocycles. The summed E-state index contributed by atoms with van der Waals surface area (Å²) < 4.78 is 5.60. The van der Waals surface area contributed by atoms with E-state index in [9.17, 15) is 0 Å². The Hall–Kier alpha value is -2.20. The molecule has 1 aromatic carbocycles. The van der Waals surface area contributed by atoms with Gasteiger partial charge in [-0.1, -0.05) is 52.5 Å². The molecule has 0 atom stereocenters. The first kappa shape index (κ1) is 23.9. The summed E-state index contributed by atoms with van der Waals surface area (Å²) in [5.74, 6) is 0. The van der Waals surface area contributed by atoms with Gasteiger partial charge >= 0.3 is 0 Å². The number of anilines is 2. The van der Waals surface area contributed by atoms with Crippen LogP contribution in [0.1, 0.15) is 77.7 Å². The van der Waals surface area contributed by atoms with Gasteiger partial charge in [0.25, 0.3) is 0 Å². The minimum absolute atomic E-state index is 0.495. The first-order valence-corrected chi connectivity index (χ1v) is 13.2. The lowest BCUT2D eigenvalue weighted by Crippen LogP contribution is -2.36. The Kier molecular flexibility index (Phi) is 8.19. The van der Waals surface area contributed by atoms with Crippen molar-refractivity contribution in [3.63, 3.8) is 0 Å². The van der Waals surface area contributed by atoms with Crippen LogP contribution in [-0.2, 0) is 4.74 Å². The standard InChI is InChI=1S/C29H43N3O/c1-4-7-8-15-30-16-18-32(19-17-30)28-10-9-26(31-20-22-33-23-21-31)24-27(28)25-11-13-29(5-2,6-3)14-12-25/h9-11,16-19,24H,4-8,12-15,20-23H2,1-3H3. The molecule has 0 amide bonds. The molecule has 1 fully saturated rings. The molecule has 3 aliphatic rings. The Morgan fingerprint density at radius 2 is 1.70 bits per heavy atom. The third kappa shape index (κ3) is 5.66. The molecule has 2 heterocycles. The summed E-state index contributed by atoms with van der Waals surface area (Å²) in [6.45, 7) is 11.7. The quantitative estimate of drug-likeness (QED) is 0.373. The predicted molar refractivity (Wildman–Crippen MR) is 141 cm³/mol. The maximum atomic E-state index is 5.60.